The maximum Gasteiger partial charge on any atom is 0.275 e. The molecule has 0 unspecified atom stereocenters. The second-order valence-electron chi connectivity index (χ2n) is 6.40. The number of hydrogen-bond donors (Lipinski definition) is 2. The molecule has 2 amide bonds. The van der Waals surface area contributed by atoms with Crippen LogP contribution in [-0.2, 0) is 13.1 Å². The molecule has 0 saturated carbocycles. The summed E-state index contributed by atoms with van der Waals surface area (Å²) in [5, 5.41) is 2.45. The highest BCUT2D eigenvalue weighted by atomic mass is 16.2. The van der Waals surface area contributed by atoms with E-state index < -0.39 is 11.8 Å². The third kappa shape index (κ3) is 4.69. The van der Waals surface area contributed by atoms with E-state index in [-0.39, 0.29) is 0 Å². The first-order valence-electron chi connectivity index (χ1n) is 8.86. The van der Waals surface area contributed by atoms with Gasteiger partial charge in [0.05, 0.1) is 11.1 Å². The van der Waals surface area contributed by atoms with Crippen LogP contribution < -0.4 is 11.7 Å². The maximum atomic E-state index is 11.2. The third-order valence-electron chi connectivity index (χ3n) is 4.28. The molecule has 0 radical (unpaired) electrons. The van der Waals surface area contributed by atoms with Crippen LogP contribution in [0, 0.1) is 0 Å². The van der Waals surface area contributed by atoms with Gasteiger partial charge >= 0.3 is 0 Å². The van der Waals surface area contributed by atoms with E-state index in [4.69, 9.17) is 11.7 Å². The summed E-state index contributed by atoms with van der Waals surface area (Å²) in [5.74, 6) is 10.3. The van der Waals surface area contributed by atoms with Gasteiger partial charge in [0.25, 0.3) is 11.8 Å². The summed E-state index contributed by atoms with van der Waals surface area (Å²) in [7, 11) is 0. The molecule has 1 aliphatic heterocycles. The van der Waals surface area contributed by atoms with E-state index in [9.17, 15) is 9.59 Å². The van der Waals surface area contributed by atoms with Gasteiger partial charge in [-0.1, -0.05) is 72.8 Å². The fourth-order valence-electron chi connectivity index (χ4n) is 2.90. The van der Waals surface area contributed by atoms with Crippen LogP contribution >= 0.6 is 0 Å². The number of nitrogens with two attached hydrogens (primary N) is 2. The number of rotatable bonds is 4. The second kappa shape index (κ2) is 9.05. The monoisotopic (exact) mass is 374 g/mol. The van der Waals surface area contributed by atoms with Crippen LogP contribution in [0.1, 0.15) is 31.8 Å². The van der Waals surface area contributed by atoms with Gasteiger partial charge in [0.1, 0.15) is 0 Å². The summed E-state index contributed by atoms with van der Waals surface area (Å²) >= 11 is 0. The number of hydrogen-bond acceptors (Lipinski definition) is 5. The van der Waals surface area contributed by atoms with Crippen LogP contribution in [0.15, 0.2) is 84.9 Å². The molecule has 6 heteroatoms. The largest absolute Gasteiger partial charge is 0.275 e. The van der Waals surface area contributed by atoms with Crippen molar-refractivity contribution < 1.29 is 9.59 Å². The number of amides is 2. The molecule has 0 atom stereocenters. The quantitative estimate of drug-likeness (QED) is 0.317. The lowest BCUT2D eigenvalue weighted by molar-refractivity contribution is 0.0654. The Bertz CT molecular complexity index is 869. The third-order valence-corrected chi connectivity index (χ3v) is 4.28. The molecular weight excluding hydrogens is 352 g/mol. The van der Waals surface area contributed by atoms with Gasteiger partial charge in [0.2, 0.25) is 0 Å². The standard InChI is InChI=1S/C14H16N2.C8H6N2O2/c15-16(11-13-7-3-1-4-8-13)12-14-9-5-2-6-10-14;9-10-7(11)5-3-1-2-4-6(5)8(10)12/h1-10H,11-12,15H2;1-4H,9H2. The molecule has 4 rings (SSSR count). The lowest BCUT2D eigenvalue weighted by atomic mass is 10.1. The van der Waals surface area contributed by atoms with E-state index in [0.717, 1.165) is 13.1 Å². The summed E-state index contributed by atoms with van der Waals surface area (Å²) < 4.78 is 0. The molecule has 4 N–H and O–H groups in total. The Morgan fingerprint density at radius 1 is 0.643 bits per heavy atom. The number of carbonyl (C=O) groups is 2. The van der Waals surface area contributed by atoms with Crippen molar-refractivity contribution in [1.29, 1.82) is 0 Å². The zero-order valence-corrected chi connectivity index (χ0v) is 15.4. The van der Waals surface area contributed by atoms with Crippen LogP contribution in [0.3, 0.4) is 0 Å². The van der Waals surface area contributed by atoms with Gasteiger partial charge in [-0.2, -0.15) is 0 Å². The average Bonchev–Trinajstić information content (AvgIpc) is 2.94. The van der Waals surface area contributed by atoms with Gasteiger partial charge in [-0.05, 0) is 23.3 Å². The number of hydrazine groups is 2. The van der Waals surface area contributed by atoms with Gasteiger partial charge in [-0.25, -0.2) is 15.9 Å². The van der Waals surface area contributed by atoms with E-state index in [1.54, 1.807) is 24.3 Å². The summed E-state index contributed by atoms with van der Waals surface area (Å²) in [6.07, 6.45) is 0. The van der Waals surface area contributed by atoms with Crippen molar-refractivity contribution >= 4 is 11.8 Å². The summed E-state index contributed by atoms with van der Waals surface area (Å²) in [6.45, 7) is 1.55. The molecule has 0 saturated heterocycles. The lowest BCUT2D eigenvalue weighted by Crippen LogP contribution is -2.36. The Labute approximate surface area is 163 Å². The van der Waals surface area contributed by atoms with Crippen molar-refractivity contribution in [2.24, 2.45) is 11.7 Å². The number of fused-ring (bicyclic) bond motifs is 1. The van der Waals surface area contributed by atoms with E-state index >= 15 is 0 Å². The molecule has 1 heterocycles. The smallest absolute Gasteiger partial charge is 0.268 e. The number of carbonyl (C=O) groups excluding carboxylic acids is 2. The summed E-state index contributed by atoms with van der Waals surface area (Å²) in [4.78, 5) is 22.4. The van der Waals surface area contributed by atoms with Crippen LogP contribution in [0.4, 0.5) is 0 Å². The lowest BCUT2D eigenvalue weighted by Gasteiger charge is -2.16. The number of benzene rings is 3. The zero-order valence-electron chi connectivity index (χ0n) is 15.4. The predicted octanol–water partition coefficient (Wildman–Crippen LogP) is 2.72. The first kappa shape index (κ1) is 19.4. The molecular formula is C22H22N4O2. The van der Waals surface area contributed by atoms with E-state index in [1.165, 1.54) is 11.1 Å². The second-order valence-corrected chi connectivity index (χ2v) is 6.40. The fraction of sp³-hybridized carbons (Fsp3) is 0.0909. The number of nitrogens with zero attached hydrogens (tertiary/aromatic N) is 2. The Hall–Kier alpha value is -3.32. The van der Waals surface area contributed by atoms with Gasteiger partial charge in [0, 0.05) is 13.1 Å². The number of imide groups is 1. The Morgan fingerprint density at radius 2 is 1.00 bits per heavy atom. The molecule has 0 bridgehead atoms. The SMILES string of the molecule is NN(Cc1ccccc1)Cc1ccccc1.NN1C(=O)c2ccccc2C1=O. The normalized spacial score (nSPS) is 12.6. The average molecular weight is 374 g/mol. The van der Waals surface area contributed by atoms with Crippen molar-refractivity contribution in [3.05, 3.63) is 107 Å². The minimum Gasteiger partial charge on any atom is -0.268 e. The predicted molar refractivity (Wildman–Crippen MR) is 107 cm³/mol. The van der Waals surface area contributed by atoms with Crippen LogP contribution in [0.2, 0.25) is 0 Å². The van der Waals surface area contributed by atoms with Crippen molar-refractivity contribution in [2.75, 3.05) is 0 Å². The molecule has 28 heavy (non-hydrogen) atoms. The highest BCUT2D eigenvalue weighted by Gasteiger charge is 2.32. The van der Waals surface area contributed by atoms with Crippen molar-refractivity contribution in [1.82, 2.24) is 10.0 Å². The molecule has 3 aromatic carbocycles. The highest BCUT2D eigenvalue weighted by molar-refractivity contribution is 6.20. The Balaban J connectivity index is 0.000000167. The van der Waals surface area contributed by atoms with Crippen LogP contribution in [0.25, 0.3) is 0 Å². The summed E-state index contributed by atoms with van der Waals surface area (Å²) in [5.41, 5.74) is 3.23. The molecule has 0 spiro atoms. The molecule has 0 aromatic heterocycles. The van der Waals surface area contributed by atoms with Gasteiger partial charge < -0.3 is 0 Å². The van der Waals surface area contributed by atoms with Gasteiger partial charge in [-0.3, -0.25) is 15.4 Å². The van der Waals surface area contributed by atoms with Crippen LogP contribution in [0.5, 0.6) is 0 Å². The van der Waals surface area contributed by atoms with E-state index in [1.807, 2.05) is 41.4 Å². The molecule has 1 aliphatic rings. The van der Waals surface area contributed by atoms with E-state index in [0.29, 0.717) is 16.1 Å². The molecule has 0 fully saturated rings. The van der Waals surface area contributed by atoms with Crippen molar-refractivity contribution in [3.63, 3.8) is 0 Å². The van der Waals surface area contributed by atoms with E-state index in [2.05, 4.69) is 24.3 Å². The minimum absolute atomic E-state index is 0.380. The van der Waals surface area contributed by atoms with Crippen molar-refractivity contribution in [2.45, 2.75) is 13.1 Å². The Kier molecular flexibility index (Phi) is 6.29. The highest BCUT2D eigenvalue weighted by Crippen LogP contribution is 2.19. The fourth-order valence-corrected chi connectivity index (χ4v) is 2.90. The first-order chi connectivity index (χ1) is 13.6. The van der Waals surface area contributed by atoms with Gasteiger partial charge in [-0.15, -0.1) is 0 Å². The minimum atomic E-state index is -0.435. The zero-order chi connectivity index (χ0) is 19.9. The summed E-state index contributed by atoms with van der Waals surface area (Å²) in [6, 6.07) is 27.1. The topological polar surface area (TPSA) is 92.7 Å². The maximum absolute atomic E-state index is 11.2. The molecule has 142 valence electrons. The van der Waals surface area contributed by atoms with Gasteiger partial charge in [0.15, 0.2) is 0 Å². The Morgan fingerprint density at radius 3 is 1.39 bits per heavy atom. The van der Waals surface area contributed by atoms with Crippen molar-refractivity contribution in [3.8, 4) is 0 Å². The van der Waals surface area contributed by atoms with Crippen LogP contribution in [-0.4, -0.2) is 21.8 Å². The first-order valence-corrected chi connectivity index (χ1v) is 8.86. The molecule has 3 aromatic rings. The molecule has 6 nitrogen and oxygen atoms in total. The molecule has 0 aliphatic carbocycles.